The van der Waals surface area contributed by atoms with Crippen molar-refractivity contribution in [2.24, 2.45) is 0 Å². The molecule has 0 saturated heterocycles. The fourth-order valence-electron chi connectivity index (χ4n) is 0.688. The van der Waals surface area contributed by atoms with Crippen molar-refractivity contribution in [3.05, 3.63) is 27.7 Å². The maximum atomic E-state index is 9.28. The van der Waals surface area contributed by atoms with Gasteiger partial charge >= 0.3 is 0 Å². The summed E-state index contributed by atoms with van der Waals surface area (Å²) in [5.74, 6) is 0.192. The van der Waals surface area contributed by atoms with Gasteiger partial charge in [0.15, 0.2) is 0 Å². The maximum Gasteiger partial charge on any atom is 0.140 e. The smallest absolute Gasteiger partial charge is 0.140 e. The van der Waals surface area contributed by atoms with Crippen LogP contribution >= 0.6 is 34.8 Å². The molecule has 0 heterocycles. The first-order valence-electron chi connectivity index (χ1n) is 2.88. The largest absolute Gasteiger partial charge is 0.506 e. The van der Waals surface area contributed by atoms with Crippen LogP contribution in [0.3, 0.4) is 0 Å². The van der Waals surface area contributed by atoms with E-state index < -0.39 is 0 Å². The van der Waals surface area contributed by atoms with E-state index in [1.165, 1.54) is 0 Å². The fraction of sp³-hybridized carbons (Fsp3) is 0.143. The van der Waals surface area contributed by atoms with Gasteiger partial charge in [0.25, 0.3) is 0 Å². The van der Waals surface area contributed by atoms with Gasteiger partial charge in [0.05, 0.1) is 10.9 Å². The van der Waals surface area contributed by atoms with Crippen LogP contribution in [0.4, 0.5) is 0 Å². The highest BCUT2D eigenvalue weighted by atomic mass is 35.5. The summed E-state index contributed by atoms with van der Waals surface area (Å²) in [5.41, 5.74) is 0.584. The average molecular weight is 211 g/mol. The fourth-order valence-corrected chi connectivity index (χ4v) is 1.24. The molecule has 0 atom stereocenters. The minimum atomic E-state index is -0.0332. The first kappa shape index (κ1) is 8.98. The third-order valence-electron chi connectivity index (χ3n) is 1.30. The second-order valence-electron chi connectivity index (χ2n) is 2.00. The van der Waals surface area contributed by atoms with E-state index >= 15 is 0 Å². The van der Waals surface area contributed by atoms with Gasteiger partial charge in [0, 0.05) is 5.56 Å². The van der Waals surface area contributed by atoms with Crippen molar-refractivity contribution in [1.82, 2.24) is 0 Å². The first-order valence-corrected chi connectivity index (χ1v) is 4.17. The van der Waals surface area contributed by atoms with Crippen LogP contribution in [0.2, 0.25) is 10.0 Å². The van der Waals surface area contributed by atoms with Crippen LogP contribution in [0.15, 0.2) is 12.1 Å². The van der Waals surface area contributed by atoms with Crippen molar-refractivity contribution in [2.75, 3.05) is 0 Å². The van der Waals surface area contributed by atoms with E-state index in [-0.39, 0.29) is 16.7 Å². The van der Waals surface area contributed by atoms with Gasteiger partial charge in [0.2, 0.25) is 0 Å². The summed E-state index contributed by atoms with van der Waals surface area (Å²) in [7, 11) is 0. The van der Waals surface area contributed by atoms with E-state index in [1.54, 1.807) is 12.1 Å². The molecule has 0 radical (unpaired) electrons. The van der Waals surface area contributed by atoms with Gasteiger partial charge in [-0.05, 0) is 6.07 Å². The van der Waals surface area contributed by atoms with Crippen LogP contribution < -0.4 is 0 Å². The second kappa shape index (κ2) is 3.53. The zero-order chi connectivity index (χ0) is 8.43. The Morgan fingerprint density at radius 1 is 1.27 bits per heavy atom. The molecular weight excluding hydrogens is 206 g/mol. The predicted octanol–water partition coefficient (Wildman–Crippen LogP) is 3.44. The molecule has 0 aliphatic carbocycles. The zero-order valence-electron chi connectivity index (χ0n) is 5.44. The summed E-state index contributed by atoms with van der Waals surface area (Å²) in [6.45, 7) is 0. The van der Waals surface area contributed by atoms with Gasteiger partial charge in [0.1, 0.15) is 10.8 Å². The lowest BCUT2D eigenvalue weighted by molar-refractivity contribution is 0.471. The molecule has 0 bridgehead atoms. The van der Waals surface area contributed by atoms with Crippen LogP contribution in [0.25, 0.3) is 0 Å². The lowest BCUT2D eigenvalue weighted by Crippen LogP contribution is -1.80. The summed E-state index contributed by atoms with van der Waals surface area (Å²) >= 11 is 16.7. The number of alkyl halides is 1. The minimum absolute atomic E-state index is 0.0332. The molecule has 4 heteroatoms. The van der Waals surface area contributed by atoms with Crippen LogP contribution in [-0.2, 0) is 5.88 Å². The Balaban J connectivity index is 3.25. The van der Waals surface area contributed by atoms with Crippen LogP contribution in [0.5, 0.6) is 5.75 Å². The number of halogens is 3. The third kappa shape index (κ3) is 1.73. The van der Waals surface area contributed by atoms with Gasteiger partial charge in [-0.25, -0.2) is 0 Å². The quantitative estimate of drug-likeness (QED) is 0.706. The molecule has 0 aliphatic heterocycles. The highest BCUT2D eigenvalue weighted by Crippen LogP contribution is 2.34. The zero-order valence-corrected chi connectivity index (χ0v) is 7.71. The number of hydrogen-bond donors (Lipinski definition) is 1. The molecule has 60 valence electrons. The van der Waals surface area contributed by atoms with Crippen LogP contribution in [0, 0.1) is 0 Å². The van der Waals surface area contributed by atoms with Crippen LogP contribution in [0.1, 0.15) is 5.56 Å². The first-order chi connectivity index (χ1) is 5.16. The maximum absolute atomic E-state index is 9.28. The SMILES string of the molecule is Oc1c(CCl)ccc(Cl)c1Cl. The number of rotatable bonds is 1. The van der Waals surface area contributed by atoms with Crippen molar-refractivity contribution in [2.45, 2.75) is 5.88 Å². The second-order valence-corrected chi connectivity index (χ2v) is 3.06. The molecule has 1 aromatic rings. The molecule has 0 spiro atoms. The molecule has 0 saturated carbocycles. The summed E-state index contributed by atoms with van der Waals surface area (Å²) in [4.78, 5) is 0. The van der Waals surface area contributed by atoms with E-state index in [0.717, 1.165) is 0 Å². The minimum Gasteiger partial charge on any atom is -0.506 e. The van der Waals surface area contributed by atoms with Gasteiger partial charge in [-0.1, -0.05) is 29.3 Å². The normalized spacial score (nSPS) is 10.1. The topological polar surface area (TPSA) is 20.2 Å². The van der Waals surface area contributed by atoms with E-state index in [9.17, 15) is 5.11 Å². The number of phenols is 1. The predicted molar refractivity (Wildman–Crippen MR) is 47.7 cm³/mol. The van der Waals surface area contributed by atoms with Crippen molar-refractivity contribution >= 4 is 34.8 Å². The average Bonchev–Trinajstić information content (AvgIpc) is 2.01. The van der Waals surface area contributed by atoms with E-state index in [2.05, 4.69) is 0 Å². The number of hydrogen-bond acceptors (Lipinski definition) is 1. The summed E-state index contributed by atoms with van der Waals surface area (Å²) in [5, 5.41) is 9.77. The number of aromatic hydroxyl groups is 1. The Kier molecular flexibility index (Phi) is 2.88. The van der Waals surface area contributed by atoms with Crippen molar-refractivity contribution in [1.29, 1.82) is 0 Å². The van der Waals surface area contributed by atoms with Crippen molar-refractivity contribution in [3.63, 3.8) is 0 Å². The third-order valence-corrected chi connectivity index (χ3v) is 2.38. The molecule has 1 rings (SSSR count). The monoisotopic (exact) mass is 210 g/mol. The molecule has 0 amide bonds. The lowest BCUT2D eigenvalue weighted by Gasteiger charge is -2.02. The molecule has 0 unspecified atom stereocenters. The highest BCUT2D eigenvalue weighted by molar-refractivity contribution is 6.43. The molecule has 11 heavy (non-hydrogen) atoms. The van der Waals surface area contributed by atoms with Gasteiger partial charge < -0.3 is 5.11 Å². The van der Waals surface area contributed by atoms with Gasteiger partial charge in [-0.2, -0.15) is 0 Å². The van der Waals surface area contributed by atoms with E-state index in [0.29, 0.717) is 10.6 Å². The summed E-state index contributed by atoms with van der Waals surface area (Å²) < 4.78 is 0. The Morgan fingerprint density at radius 2 is 1.91 bits per heavy atom. The van der Waals surface area contributed by atoms with Gasteiger partial charge in [-0.15, -0.1) is 11.6 Å². The van der Waals surface area contributed by atoms with E-state index in [4.69, 9.17) is 34.8 Å². The molecule has 0 aliphatic rings. The van der Waals surface area contributed by atoms with Crippen LogP contribution in [-0.4, -0.2) is 5.11 Å². The molecule has 0 aromatic heterocycles. The summed E-state index contributed by atoms with van der Waals surface area (Å²) in [6, 6.07) is 3.23. The van der Waals surface area contributed by atoms with Crippen molar-refractivity contribution < 1.29 is 5.11 Å². The summed E-state index contributed by atoms with van der Waals surface area (Å²) in [6.07, 6.45) is 0. The molecule has 1 nitrogen and oxygen atoms in total. The lowest BCUT2D eigenvalue weighted by atomic mass is 10.2. The Bertz CT molecular complexity index is 273. The van der Waals surface area contributed by atoms with E-state index in [1.807, 2.05) is 0 Å². The Hall–Kier alpha value is -0.110. The Morgan fingerprint density at radius 3 is 2.45 bits per heavy atom. The molecule has 1 aromatic carbocycles. The Labute approximate surface area is 79.5 Å². The van der Waals surface area contributed by atoms with Crippen molar-refractivity contribution in [3.8, 4) is 5.75 Å². The highest BCUT2D eigenvalue weighted by Gasteiger charge is 2.07. The molecular formula is C7H5Cl3O. The standard InChI is InChI=1S/C7H5Cl3O/c8-3-4-1-2-5(9)6(10)7(4)11/h1-2,11H,3H2. The molecule has 1 N–H and O–H groups in total. The molecule has 0 fully saturated rings. The van der Waals surface area contributed by atoms with Gasteiger partial charge in [-0.3, -0.25) is 0 Å². The number of benzene rings is 1. The number of phenolic OH excluding ortho intramolecular Hbond substituents is 1.